The van der Waals surface area contributed by atoms with Gasteiger partial charge in [-0.15, -0.1) is 5.10 Å². The van der Waals surface area contributed by atoms with Gasteiger partial charge in [0.15, 0.2) is 5.82 Å². The van der Waals surface area contributed by atoms with E-state index in [4.69, 9.17) is 11.6 Å². The van der Waals surface area contributed by atoms with Crippen molar-refractivity contribution in [1.29, 1.82) is 0 Å². The third kappa shape index (κ3) is 4.00. The number of pyridine rings is 1. The summed E-state index contributed by atoms with van der Waals surface area (Å²) >= 11 is 6.30. The summed E-state index contributed by atoms with van der Waals surface area (Å²) in [5, 5.41) is 11.3. The number of nitrogens with zero attached hydrogens (tertiary/aromatic N) is 5. The highest BCUT2D eigenvalue weighted by Crippen LogP contribution is 2.31. The van der Waals surface area contributed by atoms with Crippen molar-refractivity contribution in [3.8, 4) is 0 Å². The van der Waals surface area contributed by atoms with E-state index < -0.39 is 0 Å². The lowest BCUT2D eigenvalue weighted by atomic mass is 10.2. The van der Waals surface area contributed by atoms with Gasteiger partial charge in [0.05, 0.1) is 17.1 Å². The molecule has 140 valence electrons. The van der Waals surface area contributed by atoms with E-state index in [-0.39, 0.29) is 18.5 Å². The number of aromatic nitrogens is 3. The fourth-order valence-electron chi connectivity index (χ4n) is 2.98. The van der Waals surface area contributed by atoms with Crippen molar-refractivity contribution >= 4 is 29.4 Å². The van der Waals surface area contributed by atoms with Gasteiger partial charge in [-0.3, -0.25) is 14.7 Å². The molecule has 0 atom stereocenters. The number of rotatable bonds is 6. The number of hydrogen-bond donors (Lipinski definition) is 1. The van der Waals surface area contributed by atoms with Crippen molar-refractivity contribution in [2.24, 2.45) is 5.92 Å². The Kier molecular flexibility index (Phi) is 4.89. The van der Waals surface area contributed by atoms with Crippen LogP contribution in [-0.2, 0) is 6.54 Å². The number of halogens is 1. The van der Waals surface area contributed by atoms with Crippen LogP contribution in [0, 0.1) is 5.92 Å². The van der Waals surface area contributed by atoms with Crippen LogP contribution in [0.3, 0.4) is 0 Å². The van der Waals surface area contributed by atoms with Gasteiger partial charge < -0.3 is 10.2 Å². The van der Waals surface area contributed by atoms with Gasteiger partial charge in [-0.2, -0.15) is 5.10 Å². The van der Waals surface area contributed by atoms with Crippen molar-refractivity contribution in [2.75, 3.05) is 24.5 Å². The number of hydrogen-bond acceptors (Lipinski definition) is 5. The molecule has 0 bridgehead atoms. The van der Waals surface area contributed by atoms with Crippen LogP contribution < -0.4 is 10.2 Å². The number of amides is 3. The third-order valence-corrected chi connectivity index (χ3v) is 5.02. The van der Waals surface area contributed by atoms with E-state index in [9.17, 15) is 9.59 Å². The van der Waals surface area contributed by atoms with E-state index in [1.807, 2.05) is 4.90 Å². The lowest BCUT2D eigenvalue weighted by Gasteiger charge is -2.18. The first-order valence-corrected chi connectivity index (χ1v) is 9.26. The van der Waals surface area contributed by atoms with Crippen LogP contribution in [0.4, 0.5) is 10.6 Å². The quantitative estimate of drug-likeness (QED) is 0.820. The summed E-state index contributed by atoms with van der Waals surface area (Å²) in [6, 6.07) is 4.93. The highest BCUT2D eigenvalue weighted by molar-refractivity contribution is 6.31. The molecular formula is C18H19ClN6O2. The molecule has 2 aromatic heterocycles. The van der Waals surface area contributed by atoms with Crippen molar-refractivity contribution in [2.45, 2.75) is 19.4 Å². The Labute approximate surface area is 161 Å². The molecule has 1 saturated carbocycles. The Morgan fingerprint density at radius 2 is 2.15 bits per heavy atom. The molecule has 0 spiro atoms. The molecule has 2 fully saturated rings. The van der Waals surface area contributed by atoms with E-state index in [1.165, 1.54) is 19.0 Å². The smallest absolute Gasteiger partial charge is 0.325 e. The van der Waals surface area contributed by atoms with Crippen LogP contribution >= 0.6 is 11.6 Å². The average Bonchev–Trinajstić information content (AvgIpc) is 3.43. The number of carbonyl (C=O) groups excluding carboxylic acids is 2. The van der Waals surface area contributed by atoms with Crippen LogP contribution in [0.25, 0.3) is 0 Å². The van der Waals surface area contributed by atoms with Crippen LogP contribution in [0.2, 0.25) is 5.02 Å². The molecule has 1 saturated heterocycles. The van der Waals surface area contributed by atoms with Crippen LogP contribution in [0.15, 0.2) is 30.6 Å². The molecule has 1 N–H and O–H groups in total. The lowest BCUT2D eigenvalue weighted by molar-refractivity contribution is 0.0950. The van der Waals surface area contributed by atoms with Gasteiger partial charge in [-0.1, -0.05) is 11.6 Å². The number of carbonyl (C=O) groups is 2. The molecule has 1 aliphatic heterocycles. The second kappa shape index (κ2) is 7.48. The summed E-state index contributed by atoms with van der Waals surface area (Å²) in [5.74, 6) is 0.815. The Morgan fingerprint density at radius 1 is 1.30 bits per heavy atom. The molecule has 3 heterocycles. The van der Waals surface area contributed by atoms with Crippen molar-refractivity contribution in [1.82, 2.24) is 25.4 Å². The zero-order chi connectivity index (χ0) is 18.8. The van der Waals surface area contributed by atoms with E-state index >= 15 is 0 Å². The summed E-state index contributed by atoms with van der Waals surface area (Å²) in [7, 11) is 0. The summed E-state index contributed by atoms with van der Waals surface area (Å²) in [5.41, 5.74) is 0.899. The van der Waals surface area contributed by atoms with Gasteiger partial charge >= 0.3 is 6.03 Å². The van der Waals surface area contributed by atoms with Gasteiger partial charge in [-0.25, -0.2) is 4.79 Å². The summed E-state index contributed by atoms with van der Waals surface area (Å²) in [6.45, 7) is 2.22. The SMILES string of the molecule is O=C(NCc1nnc(N2CCN(CC3CC3)C2=O)cc1Cl)c1cccnc1. The molecule has 2 aromatic rings. The van der Waals surface area contributed by atoms with Gasteiger partial charge in [0.25, 0.3) is 5.91 Å². The van der Waals surface area contributed by atoms with Crippen molar-refractivity contribution in [3.63, 3.8) is 0 Å². The lowest BCUT2D eigenvalue weighted by Crippen LogP contribution is -2.33. The molecule has 2 aliphatic rings. The van der Waals surface area contributed by atoms with Crippen molar-refractivity contribution in [3.05, 3.63) is 46.9 Å². The first-order valence-electron chi connectivity index (χ1n) is 8.88. The summed E-state index contributed by atoms with van der Waals surface area (Å²) < 4.78 is 0. The molecule has 0 unspecified atom stereocenters. The maximum atomic E-state index is 12.5. The van der Waals surface area contributed by atoms with Gasteiger partial charge in [0.2, 0.25) is 0 Å². The minimum absolute atomic E-state index is 0.0510. The van der Waals surface area contributed by atoms with Gasteiger partial charge in [0, 0.05) is 38.1 Å². The first-order chi connectivity index (χ1) is 13.1. The predicted octanol–water partition coefficient (Wildman–Crippen LogP) is 2.11. The van der Waals surface area contributed by atoms with Crippen molar-refractivity contribution < 1.29 is 9.59 Å². The van der Waals surface area contributed by atoms with E-state index in [2.05, 4.69) is 20.5 Å². The zero-order valence-corrected chi connectivity index (χ0v) is 15.4. The molecule has 8 nitrogen and oxygen atoms in total. The number of anilines is 1. The van der Waals surface area contributed by atoms with Crippen LogP contribution in [0.1, 0.15) is 28.9 Å². The number of nitrogens with one attached hydrogen (secondary N) is 1. The monoisotopic (exact) mass is 386 g/mol. The van der Waals surface area contributed by atoms with E-state index in [0.29, 0.717) is 41.1 Å². The second-order valence-corrected chi connectivity index (χ2v) is 7.15. The third-order valence-electron chi connectivity index (χ3n) is 4.69. The molecule has 0 radical (unpaired) electrons. The Bertz CT molecular complexity index is 858. The zero-order valence-electron chi connectivity index (χ0n) is 14.6. The predicted molar refractivity (Wildman–Crippen MR) is 99.5 cm³/mol. The standard InChI is InChI=1S/C18H19ClN6O2/c19-14-8-16(25-7-6-24(18(25)27)11-12-3-4-12)23-22-15(14)10-21-17(26)13-2-1-5-20-9-13/h1-2,5,8-9,12H,3-4,6-7,10-11H2,(H,21,26). The minimum atomic E-state index is -0.268. The van der Waals surface area contributed by atoms with E-state index in [1.54, 1.807) is 29.3 Å². The first kappa shape index (κ1) is 17.7. The molecule has 9 heteroatoms. The minimum Gasteiger partial charge on any atom is -0.346 e. The summed E-state index contributed by atoms with van der Waals surface area (Å²) in [6.07, 6.45) is 5.49. The van der Waals surface area contributed by atoms with Crippen LogP contribution in [-0.4, -0.2) is 51.7 Å². The molecule has 27 heavy (non-hydrogen) atoms. The topological polar surface area (TPSA) is 91.3 Å². The molecule has 3 amide bonds. The Balaban J connectivity index is 1.39. The molecule has 1 aliphatic carbocycles. The van der Waals surface area contributed by atoms with Gasteiger partial charge in [0.1, 0.15) is 5.69 Å². The maximum absolute atomic E-state index is 12.5. The second-order valence-electron chi connectivity index (χ2n) is 6.75. The largest absolute Gasteiger partial charge is 0.346 e. The Morgan fingerprint density at radius 3 is 2.85 bits per heavy atom. The fraction of sp³-hybridized carbons (Fsp3) is 0.389. The molecule has 4 rings (SSSR count). The highest BCUT2D eigenvalue weighted by atomic mass is 35.5. The van der Waals surface area contributed by atoms with E-state index in [0.717, 1.165) is 6.54 Å². The van der Waals surface area contributed by atoms with Gasteiger partial charge in [-0.05, 0) is 30.9 Å². The highest BCUT2D eigenvalue weighted by Gasteiger charge is 2.34. The van der Waals surface area contributed by atoms with Crippen LogP contribution in [0.5, 0.6) is 0 Å². The molecule has 0 aromatic carbocycles. The average molecular weight is 387 g/mol. The maximum Gasteiger partial charge on any atom is 0.325 e. The number of urea groups is 1. The normalized spacial score (nSPS) is 16.7. The fourth-order valence-corrected chi connectivity index (χ4v) is 3.18. The molecular weight excluding hydrogens is 368 g/mol. The Hall–Kier alpha value is -2.74. The summed E-state index contributed by atoms with van der Waals surface area (Å²) in [4.78, 5) is 32.0.